The zero-order valence-corrected chi connectivity index (χ0v) is 12.6. The van der Waals surface area contributed by atoms with Crippen LogP contribution in [0.25, 0.3) is 0 Å². The molecule has 1 aliphatic rings. The largest absolute Gasteiger partial charge is 0.337 e. The smallest absolute Gasteiger partial charge is 0.273 e. The van der Waals surface area contributed by atoms with E-state index in [4.69, 9.17) is 0 Å². The van der Waals surface area contributed by atoms with E-state index in [1.165, 1.54) is 23.0 Å². The van der Waals surface area contributed by atoms with Crippen LogP contribution in [0.1, 0.15) is 41.2 Å². The third-order valence-electron chi connectivity index (χ3n) is 4.29. The van der Waals surface area contributed by atoms with Crippen LogP contribution in [0.15, 0.2) is 30.5 Å². The van der Waals surface area contributed by atoms with Gasteiger partial charge in [0, 0.05) is 20.1 Å². The Balaban J connectivity index is 1.68. The molecule has 0 aliphatic carbocycles. The van der Waals surface area contributed by atoms with Gasteiger partial charge in [-0.3, -0.25) is 4.79 Å². The predicted octanol–water partition coefficient (Wildman–Crippen LogP) is 2.36. The summed E-state index contributed by atoms with van der Waals surface area (Å²) in [5.41, 5.74) is 1.66. The summed E-state index contributed by atoms with van der Waals surface area (Å²) in [5.74, 6) is 0.146. The third kappa shape index (κ3) is 3.00. The number of rotatable bonds is 2. The first-order valence-electron chi connectivity index (χ1n) is 7.54. The summed E-state index contributed by atoms with van der Waals surface area (Å²) in [6, 6.07) is 6.71. The molecule has 0 bridgehead atoms. The molecule has 2 aromatic rings. The number of nitrogens with zero attached hydrogens (tertiary/aromatic N) is 4. The lowest BCUT2D eigenvalue weighted by Crippen LogP contribution is -2.33. The standard InChI is InChI=1S/C16H19FN4O/c1-20-15(11-18-19-20)16(22)21-9-2-3-12(8-10-21)13-4-6-14(17)7-5-13/h4-7,11-12H,2-3,8-10H2,1H3/t12-/m0/s1. The van der Waals surface area contributed by atoms with Crippen LogP contribution < -0.4 is 0 Å². The number of aromatic nitrogens is 3. The molecular formula is C16H19FN4O. The van der Waals surface area contributed by atoms with Crippen LogP contribution in [0.3, 0.4) is 0 Å². The SMILES string of the molecule is Cn1nncc1C(=O)N1CCC[C@H](c2ccc(F)cc2)CC1. The lowest BCUT2D eigenvalue weighted by Gasteiger charge is -2.20. The molecule has 2 heterocycles. The molecular weight excluding hydrogens is 283 g/mol. The molecule has 1 aromatic heterocycles. The van der Waals surface area contributed by atoms with E-state index in [-0.39, 0.29) is 11.7 Å². The van der Waals surface area contributed by atoms with Gasteiger partial charge in [0.1, 0.15) is 11.5 Å². The topological polar surface area (TPSA) is 51.0 Å². The average Bonchev–Trinajstić information content (AvgIpc) is 2.80. The predicted molar refractivity (Wildman–Crippen MR) is 79.9 cm³/mol. The Labute approximate surface area is 128 Å². The monoisotopic (exact) mass is 302 g/mol. The zero-order chi connectivity index (χ0) is 15.5. The van der Waals surface area contributed by atoms with Crippen LogP contribution in [-0.4, -0.2) is 38.9 Å². The summed E-state index contributed by atoms with van der Waals surface area (Å²) in [7, 11) is 1.72. The zero-order valence-electron chi connectivity index (χ0n) is 12.6. The van der Waals surface area contributed by atoms with Crippen molar-refractivity contribution in [2.75, 3.05) is 13.1 Å². The van der Waals surface area contributed by atoms with Crippen molar-refractivity contribution in [3.05, 3.63) is 47.5 Å². The summed E-state index contributed by atoms with van der Waals surface area (Å²) in [6.07, 6.45) is 4.35. The first-order chi connectivity index (χ1) is 10.6. The highest BCUT2D eigenvalue weighted by Crippen LogP contribution is 2.28. The van der Waals surface area contributed by atoms with Crippen molar-refractivity contribution in [2.24, 2.45) is 7.05 Å². The van der Waals surface area contributed by atoms with Gasteiger partial charge in [0.15, 0.2) is 0 Å². The average molecular weight is 302 g/mol. The molecule has 1 aromatic carbocycles. The number of carbonyl (C=O) groups excluding carboxylic acids is 1. The van der Waals surface area contributed by atoms with E-state index in [0.29, 0.717) is 18.2 Å². The molecule has 1 saturated heterocycles. The van der Waals surface area contributed by atoms with Crippen LogP contribution >= 0.6 is 0 Å². The van der Waals surface area contributed by atoms with Crippen molar-refractivity contribution in [2.45, 2.75) is 25.2 Å². The molecule has 1 amide bonds. The van der Waals surface area contributed by atoms with Gasteiger partial charge in [-0.05, 0) is 42.9 Å². The molecule has 5 nitrogen and oxygen atoms in total. The summed E-state index contributed by atoms with van der Waals surface area (Å²) >= 11 is 0. The molecule has 0 spiro atoms. The van der Waals surface area contributed by atoms with Gasteiger partial charge in [0.05, 0.1) is 6.20 Å². The normalized spacial score (nSPS) is 19.0. The molecule has 1 aliphatic heterocycles. The Hall–Kier alpha value is -2.24. The molecule has 22 heavy (non-hydrogen) atoms. The first kappa shape index (κ1) is 14.7. The molecule has 6 heteroatoms. The number of hydrogen-bond donors (Lipinski definition) is 0. The molecule has 0 saturated carbocycles. The van der Waals surface area contributed by atoms with Crippen molar-refractivity contribution in [1.29, 1.82) is 0 Å². The maximum Gasteiger partial charge on any atom is 0.273 e. The molecule has 0 unspecified atom stereocenters. The van der Waals surface area contributed by atoms with Crippen LogP contribution in [0.5, 0.6) is 0 Å². The van der Waals surface area contributed by atoms with Gasteiger partial charge in [-0.25, -0.2) is 9.07 Å². The Kier molecular flexibility index (Phi) is 4.18. The van der Waals surface area contributed by atoms with Gasteiger partial charge in [-0.1, -0.05) is 17.3 Å². The van der Waals surface area contributed by atoms with Crippen molar-refractivity contribution in [1.82, 2.24) is 19.9 Å². The Morgan fingerprint density at radius 3 is 2.68 bits per heavy atom. The van der Waals surface area contributed by atoms with E-state index in [2.05, 4.69) is 10.3 Å². The molecule has 3 rings (SSSR count). The molecule has 1 fully saturated rings. The highest BCUT2D eigenvalue weighted by atomic mass is 19.1. The van der Waals surface area contributed by atoms with Gasteiger partial charge >= 0.3 is 0 Å². The van der Waals surface area contributed by atoms with Crippen molar-refractivity contribution < 1.29 is 9.18 Å². The Morgan fingerprint density at radius 1 is 1.23 bits per heavy atom. The second-order valence-electron chi connectivity index (χ2n) is 5.71. The lowest BCUT2D eigenvalue weighted by molar-refractivity contribution is 0.0750. The Morgan fingerprint density at radius 2 is 2.00 bits per heavy atom. The minimum atomic E-state index is -0.210. The van der Waals surface area contributed by atoms with Gasteiger partial charge in [0.2, 0.25) is 0 Å². The van der Waals surface area contributed by atoms with Gasteiger partial charge in [-0.15, -0.1) is 5.10 Å². The molecule has 1 atom stereocenters. The Bertz CT molecular complexity index is 652. The minimum absolute atomic E-state index is 0.0211. The fourth-order valence-corrected chi connectivity index (χ4v) is 3.01. The second kappa shape index (κ2) is 6.25. The first-order valence-corrected chi connectivity index (χ1v) is 7.54. The molecule has 116 valence electrons. The fourth-order valence-electron chi connectivity index (χ4n) is 3.01. The van der Waals surface area contributed by atoms with E-state index >= 15 is 0 Å². The number of benzene rings is 1. The third-order valence-corrected chi connectivity index (χ3v) is 4.29. The fraction of sp³-hybridized carbons (Fsp3) is 0.438. The maximum atomic E-state index is 13.0. The quantitative estimate of drug-likeness (QED) is 0.856. The summed E-state index contributed by atoms with van der Waals surface area (Å²) < 4.78 is 14.5. The minimum Gasteiger partial charge on any atom is -0.337 e. The number of amides is 1. The highest BCUT2D eigenvalue weighted by Gasteiger charge is 2.24. The summed E-state index contributed by atoms with van der Waals surface area (Å²) in [5, 5.41) is 7.57. The van der Waals surface area contributed by atoms with Gasteiger partial charge in [0.25, 0.3) is 5.91 Å². The molecule has 0 radical (unpaired) electrons. The summed E-state index contributed by atoms with van der Waals surface area (Å²) in [4.78, 5) is 14.4. The van der Waals surface area contributed by atoms with Crippen molar-refractivity contribution >= 4 is 5.91 Å². The van der Waals surface area contributed by atoms with Crippen LogP contribution in [0.4, 0.5) is 4.39 Å². The van der Waals surface area contributed by atoms with Crippen molar-refractivity contribution in [3.8, 4) is 0 Å². The number of likely N-dealkylation sites (tertiary alicyclic amines) is 1. The van der Waals surface area contributed by atoms with E-state index in [1.807, 2.05) is 17.0 Å². The lowest BCUT2D eigenvalue weighted by atomic mass is 9.92. The number of halogens is 1. The second-order valence-corrected chi connectivity index (χ2v) is 5.71. The highest BCUT2D eigenvalue weighted by molar-refractivity contribution is 5.92. The number of aryl methyl sites for hydroxylation is 1. The number of carbonyl (C=O) groups is 1. The van der Waals surface area contributed by atoms with E-state index in [9.17, 15) is 9.18 Å². The maximum absolute atomic E-state index is 13.0. The molecule has 0 N–H and O–H groups in total. The number of hydrogen-bond acceptors (Lipinski definition) is 3. The van der Waals surface area contributed by atoms with Crippen LogP contribution in [0, 0.1) is 5.82 Å². The van der Waals surface area contributed by atoms with Crippen LogP contribution in [0.2, 0.25) is 0 Å². The van der Waals surface area contributed by atoms with Crippen LogP contribution in [-0.2, 0) is 7.05 Å². The van der Waals surface area contributed by atoms with Gasteiger partial charge < -0.3 is 4.90 Å². The van der Waals surface area contributed by atoms with E-state index in [0.717, 1.165) is 31.4 Å². The van der Waals surface area contributed by atoms with Crippen molar-refractivity contribution in [3.63, 3.8) is 0 Å². The van der Waals surface area contributed by atoms with E-state index < -0.39 is 0 Å². The summed E-state index contributed by atoms with van der Waals surface area (Å²) in [6.45, 7) is 1.44. The van der Waals surface area contributed by atoms with Gasteiger partial charge in [-0.2, -0.15) is 0 Å². The van der Waals surface area contributed by atoms with E-state index in [1.54, 1.807) is 7.05 Å².